The maximum absolute atomic E-state index is 13.3. The highest BCUT2D eigenvalue weighted by Gasteiger charge is 2.22. The van der Waals surface area contributed by atoms with E-state index in [1.54, 1.807) is 42.2 Å². The number of para-hydroxylation sites is 2. The van der Waals surface area contributed by atoms with Crippen molar-refractivity contribution in [3.8, 4) is 28.9 Å². The Balaban J connectivity index is 1.37. The predicted molar refractivity (Wildman–Crippen MR) is 152 cm³/mol. The Morgan fingerprint density at radius 2 is 1.95 bits per heavy atom. The number of thiazole rings is 1. The van der Waals surface area contributed by atoms with Gasteiger partial charge in [-0.2, -0.15) is 5.26 Å². The zero-order valence-electron chi connectivity index (χ0n) is 21.5. The number of nitrogens with zero attached hydrogens (tertiary/aromatic N) is 8. The number of rotatable bonds is 11. The highest BCUT2D eigenvalue weighted by Crippen LogP contribution is 2.34. The number of methoxy groups -OCH3 is 1. The van der Waals surface area contributed by atoms with Crippen LogP contribution in [-0.4, -0.2) is 54.2 Å². The molecule has 4 heterocycles. The van der Waals surface area contributed by atoms with Gasteiger partial charge in [-0.3, -0.25) is 19.3 Å². The van der Waals surface area contributed by atoms with E-state index in [9.17, 15) is 4.79 Å². The van der Waals surface area contributed by atoms with E-state index in [-0.39, 0.29) is 12.3 Å². The predicted octanol–water partition coefficient (Wildman–Crippen LogP) is 5.04. The summed E-state index contributed by atoms with van der Waals surface area (Å²) in [6, 6.07) is 17.3. The van der Waals surface area contributed by atoms with Crippen LogP contribution in [0.1, 0.15) is 27.5 Å². The van der Waals surface area contributed by atoms with Crippen molar-refractivity contribution >= 4 is 29.0 Å². The molecule has 0 atom stereocenters. The summed E-state index contributed by atoms with van der Waals surface area (Å²) in [7, 11) is 1.63. The van der Waals surface area contributed by atoms with E-state index in [0.717, 1.165) is 21.8 Å². The van der Waals surface area contributed by atoms with Crippen molar-refractivity contribution in [3.63, 3.8) is 0 Å². The first-order valence-electron chi connectivity index (χ1n) is 12.3. The first-order chi connectivity index (χ1) is 19.7. The molecule has 0 saturated heterocycles. The minimum absolute atomic E-state index is 0.219. The molecule has 40 heavy (non-hydrogen) atoms. The third kappa shape index (κ3) is 6.17. The van der Waals surface area contributed by atoms with Crippen LogP contribution in [0.5, 0.6) is 5.75 Å². The fourth-order valence-electron chi connectivity index (χ4n) is 4.00. The molecule has 0 bridgehead atoms. The van der Waals surface area contributed by atoms with E-state index in [2.05, 4.69) is 31.2 Å². The summed E-state index contributed by atoms with van der Waals surface area (Å²) >= 11 is 2.88. The van der Waals surface area contributed by atoms with Gasteiger partial charge in [-0.1, -0.05) is 30.0 Å². The average molecular weight is 569 g/mol. The van der Waals surface area contributed by atoms with Crippen LogP contribution in [0.3, 0.4) is 0 Å². The lowest BCUT2D eigenvalue weighted by atomic mass is 10.2. The number of thioether (sulfide) groups is 1. The lowest BCUT2D eigenvalue weighted by Gasteiger charge is -2.20. The Kier molecular flexibility index (Phi) is 8.75. The molecule has 5 aromatic rings. The van der Waals surface area contributed by atoms with Crippen LogP contribution >= 0.6 is 23.1 Å². The van der Waals surface area contributed by atoms with Crippen LogP contribution in [0.4, 0.5) is 0 Å². The summed E-state index contributed by atoms with van der Waals surface area (Å²) in [4.78, 5) is 27.8. The minimum Gasteiger partial charge on any atom is -0.495 e. The van der Waals surface area contributed by atoms with E-state index in [1.807, 2.05) is 53.1 Å². The van der Waals surface area contributed by atoms with Crippen molar-refractivity contribution in [2.45, 2.75) is 23.9 Å². The second-order valence-electron chi connectivity index (χ2n) is 8.46. The molecule has 4 aromatic heterocycles. The van der Waals surface area contributed by atoms with Gasteiger partial charge in [0.1, 0.15) is 16.5 Å². The van der Waals surface area contributed by atoms with Crippen LogP contribution in [0.15, 0.2) is 83.9 Å². The molecule has 0 fully saturated rings. The zero-order chi connectivity index (χ0) is 27.7. The molecule has 0 saturated carbocycles. The number of hydrogen-bond donors (Lipinski definition) is 0. The maximum atomic E-state index is 13.3. The fraction of sp³-hybridized carbons (Fsp3) is 0.179. The Hall–Kier alpha value is -4.60. The van der Waals surface area contributed by atoms with Gasteiger partial charge in [-0.15, -0.1) is 21.5 Å². The number of ether oxygens (including phenoxy) is 1. The molecule has 0 aliphatic carbocycles. The Morgan fingerprint density at radius 3 is 2.73 bits per heavy atom. The summed E-state index contributed by atoms with van der Waals surface area (Å²) in [5.41, 5.74) is 2.92. The zero-order valence-corrected chi connectivity index (χ0v) is 23.2. The molecule has 0 spiro atoms. The maximum Gasteiger partial charge on any atom is 0.273 e. The van der Waals surface area contributed by atoms with Crippen LogP contribution in [-0.2, 0) is 12.3 Å². The molecular formula is C28H24N8O2S2. The van der Waals surface area contributed by atoms with Gasteiger partial charge in [0.15, 0.2) is 11.0 Å². The number of benzene rings is 1. The minimum atomic E-state index is -0.219. The Bertz CT molecular complexity index is 1620. The first-order valence-corrected chi connectivity index (χ1v) is 14.2. The Morgan fingerprint density at radius 1 is 1.10 bits per heavy atom. The second kappa shape index (κ2) is 13.0. The smallest absolute Gasteiger partial charge is 0.273 e. The number of pyridine rings is 2. The standard InChI is InChI=1S/C28H24N8O2S2/c1-38-24-8-3-2-7-23(24)36-26(21-9-13-30-14-10-21)33-34-28(36)40-19-25-32-22(18-39-25)27(37)35(15-5-11-29)17-20-6-4-12-31-16-20/h2-4,6-10,12-14,16,18H,5,15,17,19H2,1H3. The summed E-state index contributed by atoms with van der Waals surface area (Å²) in [5.74, 6) is 1.62. The van der Waals surface area contributed by atoms with Crippen molar-refractivity contribution in [3.05, 3.63) is 95.0 Å². The van der Waals surface area contributed by atoms with Crippen molar-refractivity contribution < 1.29 is 9.53 Å². The van der Waals surface area contributed by atoms with Gasteiger partial charge in [-0.25, -0.2) is 4.98 Å². The summed E-state index contributed by atoms with van der Waals surface area (Å²) in [6.07, 6.45) is 7.06. The molecule has 0 N–H and O–H groups in total. The van der Waals surface area contributed by atoms with E-state index in [4.69, 9.17) is 10.00 Å². The van der Waals surface area contributed by atoms with Crippen molar-refractivity contribution in [1.29, 1.82) is 5.26 Å². The molecule has 0 aliphatic heterocycles. The number of aromatic nitrogens is 6. The fourth-order valence-corrected chi connectivity index (χ4v) is 5.73. The molecule has 0 unspecified atom stereocenters. The number of carbonyl (C=O) groups excluding carboxylic acids is 1. The second-order valence-corrected chi connectivity index (χ2v) is 10.3. The third-order valence-electron chi connectivity index (χ3n) is 5.87. The molecular weight excluding hydrogens is 544 g/mol. The van der Waals surface area contributed by atoms with Gasteiger partial charge in [0.2, 0.25) is 0 Å². The SMILES string of the molecule is COc1ccccc1-n1c(SCc2nc(C(=O)N(CCC#N)Cc3cccnc3)cs2)nnc1-c1ccncc1. The van der Waals surface area contributed by atoms with Crippen molar-refractivity contribution in [2.24, 2.45) is 0 Å². The van der Waals surface area contributed by atoms with Gasteiger partial charge in [-0.05, 0) is 35.9 Å². The van der Waals surface area contributed by atoms with Gasteiger partial charge in [0.25, 0.3) is 5.91 Å². The third-order valence-corrected chi connectivity index (χ3v) is 7.84. The molecule has 5 rings (SSSR count). The molecule has 200 valence electrons. The molecule has 10 nitrogen and oxygen atoms in total. The molecule has 1 amide bonds. The van der Waals surface area contributed by atoms with Gasteiger partial charge in [0.05, 0.1) is 31.0 Å². The summed E-state index contributed by atoms with van der Waals surface area (Å²) in [6.45, 7) is 0.668. The van der Waals surface area contributed by atoms with E-state index in [1.165, 1.54) is 23.1 Å². The van der Waals surface area contributed by atoms with Crippen LogP contribution in [0.25, 0.3) is 17.1 Å². The molecule has 1 aromatic carbocycles. The molecule has 0 aliphatic rings. The first kappa shape index (κ1) is 27.0. The van der Waals surface area contributed by atoms with Crippen molar-refractivity contribution in [1.82, 2.24) is 34.6 Å². The van der Waals surface area contributed by atoms with E-state index in [0.29, 0.717) is 41.3 Å². The quantitative estimate of drug-likeness (QED) is 0.202. The van der Waals surface area contributed by atoms with Gasteiger partial charge >= 0.3 is 0 Å². The van der Waals surface area contributed by atoms with E-state index >= 15 is 0 Å². The topological polar surface area (TPSA) is 123 Å². The van der Waals surface area contributed by atoms with Gasteiger partial charge in [0, 0.05) is 48.8 Å². The lowest BCUT2D eigenvalue weighted by molar-refractivity contribution is 0.0741. The summed E-state index contributed by atoms with van der Waals surface area (Å²) in [5, 5.41) is 21.2. The number of hydrogen-bond acceptors (Lipinski definition) is 10. The summed E-state index contributed by atoms with van der Waals surface area (Å²) < 4.78 is 7.58. The Labute approximate surface area is 239 Å². The van der Waals surface area contributed by atoms with Crippen LogP contribution in [0.2, 0.25) is 0 Å². The normalized spacial score (nSPS) is 10.7. The average Bonchev–Trinajstić information content (AvgIpc) is 3.66. The number of amides is 1. The van der Waals surface area contributed by atoms with Crippen molar-refractivity contribution in [2.75, 3.05) is 13.7 Å². The van der Waals surface area contributed by atoms with Gasteiger partial charge < -0.3 is 9.64 Å². The highest BCUT2D eigenvalue weighted by molar-refractivity contribution is 7.98. The van der Waals surface area contributed by atoms with E-state index < -0.39 is 0 Å². The molecule has 0 radical (unpaired) electrons. The lowest BCUT2D eigenvalue weighted by Crippen LogP contribution is -2.31. The number of carbonyl (C=O) groups is 1. The monoisotopic (exact) mass is 568 g/mol. The van der Waals surface area contributed by atoms with Crippen LogP contribution in [0, 0.1) is 11.3 Å². The largest absolute Gasteiger partial charge is 0.495 e. The van der Waals surface area contributed by atoms with Crippen LogP contribution < -0.4 is 4.74 Å². The number of nitriles is 1. The molecule has 12 heteroatoms. The highest BCUT2D eigenvalue weighted by atomic mass is 32.2.